The van der Waals surface area contributed by atoms with Crippen molar-refractivity contribution in [2.75, 3.05) is 12.5 Å². The molecule has 4 bridgehead atoms. The van der Waals surface area contributed by atoms with Crippen LogP contribution in [0.15, 0.2) is 48.5 Å². The predicted octanol–water partition coefficient (Wildman–Crippen LogP) is 5.29. The van der Waals surface area contributed by atoms with Gasteiger partial charge in [-0.1, -0.05) is 48.5 Å². The molecule has 0 radical (unpaired) electrons. The second kappa shape index (κ2) is 6.28. The number of rotatable bonds is 2. The minimum atomic E-state index is 0.566. The summed E-state index contributed by atoms with van der Waals surface area (Å²) in [5.74, 6) is 0. The van der Waals surface area contributed by atoms with Crippen LogP contribution in [0.1, 0.15) is 32.8 Å². The van der Waals surface area contributed by atoms with Gasteiger partial charge < -0.3 is 0 Å². The van der Waals surface area contributed by atoms with Crippen LogP contribution in [-0.4, -0.2) is 12.5 Å². The van der Waals surface area contributed by atoms with Crippen LogP contribution >= 0.6 is 23.5 Å². The summed E-state index contributed by atoms with van der Waals surface area (Å²) in [5.41, 5.74) is 5.88. The van der Waals surface area contributed by atoms with Crippen molar-refractivity contribution in [2.24, 2.45) is 0 Å². The van der Waals surface area contributed by atoms with E-state index in [9.17, 15) is 0 Å². The molecule has 1 aliphatic rings. The lowest BCUT2D eigenvalue weighted by Gasteiger charge is -2.22. The van der Waals surface area contributed by atoms with Crippen molar-refractivity contribution < 1.29 is 0 Å². The van der Waals surface area contributed by atoms with Gasteiger partial charge in [-0.15, -0.1) is 0 Å². The van der Waals surface area contributed by atoms with E-state index in [1.807, 2.05) is 23.5 Å². The molecule has 2 heteroatoms. The number of hydrogen-bond donors (Lipinski definition) is 0. The molecule has 2 aromatic carbocycles. The Morgan fingerprint density at radius 2 is 1.20 bits per heavy atom. The van der Waals surface area contributed by atoms with E-state index < -0.39 is 0 Å². The van der Waals surface area contributed by atoms with Crippen molar-refractivity contribution in [1.82, 2.24) is 0 Å². The fourth-order valence-electron chi connectivity index (χ4n) is 2.94. The highest BCUT2D eigenvalue weighted by atomic mass is 32.2. The molecule has 3 rings (SSSR count). The van der Waals surface area contributed by atoms with Gasteiger partial charge in [0.15, 0.2) is 0 Å². The normalized spacial score (nSPS) is 21.5. The van der Waals surface area contributed by atoms with Crippen LogP contribution in [0.3, 0.4) is 0 Å². The van der Waals surface area contributed by atoms with Crippen molar-refractivity contribution in [3.8, 4) is 0 Å². The van der Waals surface area contributed by atoms with Gasteiger partial charge in [0.05, 0.1) is 0 Å². The molecular formula is C18H20S2. The number of hydrogen-bond acceptors (Lipinski definition) is 2. The van der Waals surface area contributed by atoms with E-state index in [1.54, 1.807) is 0 Å². The molecule has 0 unspecified atom stereocenters. The first-order valence-electron chi connectivity index (χ1n) is 7.03. The van der Waals surface area contributed by atoms with Crippen molar-refractivity contribution in [3.05, 3.63) is 70.8 Å². The van der Waals surface area contributed by atoms with Crippen molar-refractivity contribution in [1.29, 1.82) is 0 Å². The zero-order valence-corrected chi connectivity index (χ0v) is 13.6. The van der Waals surface area contributed by atoms with Gasteiger partial charge in [-0.05, 0) is 47.6 Å². The highest BCUT2D eigenvalue weighted by Crippen LogP contribution is 2.36. The Balaban J connectivity index is 2.08. The van der Waals surface area contributed by atoms with E-state index in [2.05, 4.69) is 61.0 Å². The fraction of sp³-hybridized carbons (Fsp3) is 0.333. The summed E-state index contributed by atoms with van der Waals surface area (Å²) in [5, 5.41) is 1.13. The summed E-state index contributed by atoms with van der Waals surface area (Å²) < 4.78 is 0. The average Bonchev–Trinajstić information content (AvgIpc) is 2.50. The van der Waals surface area contributed by atoms with Gasteiger partial charge in [0.1, 0.15) is 0 Å². The Labute approximate surface area is 130 Å². The molecule has 0 saturated heterocycles. The van der Waals surface area contributed by atoms with Crippen molar-refractivity contribution >= 4 is 23.5 Å². The largest absolute Gasteiger partial charge is 0.157 e. The average molecular weight is 300 g/mol. The van der Waals surface area contributed by atoms with Crippen LogP contribution in [0.25, 0.3) is 0 Å². The molecule has 0 N–H and O–H groups in total. The molecule has 1 aliphatic carbocycles. The minimum absolute atomic E-state index is 0.566. The quantitative estimate of drug-likeness (QED) is 0.738. The molecule has 2 atom stereocenters. The van der Waals surface area contributed by atoms with E-state index in [4.69, 9.17) is 0 Å². The summed E-state index contributed by atoms with van der Waals surface area (Å²) in [6.07, 6.45) is 6.69. The third kappa shape index (κ3) is 2.91. The van der Waals surface area contributed by atoms with E-state index in [0.717, 1.165) is 12.8 Å². The predicted molar refractivity (Wildman–Crippen MR) is 92.8 cm³/mol. The van der Waals surface area contributed by atoms with Crippen molar-refractivity contribution in [3.63, 3.8) is 0 Å². The molecule has 0 aliphatic heterocycles. The topological polar surface area (TPSA) is 0 Å². The van der Waals surface area contributed by atoms with Gasteiger partial charge in [0, 0.05) is 10.5 Å². The molecule has 20 heavy (non-hydrogen) atoms. The van der Waals surface area contributed by atoms with Crippen LogP contribution in [0, 0.1) is 0 Å². The maximum Gasteiger partial charge on any atom is 0.0334 e. The van der Waals surface area contributed by atoms with Crippen LogP contribution in [0.5, 0.6) is 0 Å². The summed E-state index contributed by atoms with van der Waals surface area (Å²) in [7, 11) is 0. The second-order valence-corrected chi connectivity index (χ2v) is 7.43. The summed E-state index contributed by atoms with van der Waals surface area (Å²) in [6.45, 7) is 0. The molecular weight excluding hydrogens is 280 g/mol. The molecule has 0 heterocycles. The zero-order chi connectivity index (χ0) is 13.9. The van der Waals surface area contributed by atoms with E-state index in [-0.39, 0.29) is 0 Å². The van der Waals surface area contributed by atoms with Gasteiger partial charge in [0.25, 0.3) is 0 Å². The number of fused-ring (bicyclic) bond motifs is 4. The van der Waals surface area contributed by atoms with Crippen LogP contribution in [-0.2, 0) is 12.8 Å². The maximum absolute atomic E-state index is 2.41. The lowest BCUT2D eigenvalue weighted by molar-refractivity contribution is 0.881. The Hall–Kier alpha value is -0.860. The first-order chi connectivity index (χ1) is 9.80. The third-order valence-electron chi connectivity index (χ3n) is 4.06. The Morgan fingerprint density at radius 1 is 0.750 bits per heavy atom. The third-order valence-corrected chi connectivity index (χ3v) is 6.07. The van der Waals surface area contributed by atoms with E-state index >= 15 is 0 Å². The molecule has 0 amide bonds. The summed E-state index contributed by atoms with van der Waals surface area (Å²) in [4.78, 5) is 0. The molecule has 0 nitrogen and oxygen atoms in total. The molecule has 0 spiro atoms. The minimum Gasteiger partial charge on any atom is -0.157 e. The molecule has 0 aromatic heterocycles. The monoisotopic (exact) mass is 300 g/mol. The lowest BCUT2D eigenvalue weighted by Crippen LogP contribution is -2.05. The van der Waals surface area contributed by atoms with Gasteiger partial charge in [-0.2, -0.15) is 23.5 Å². The lowest BCUT2D eigenvalue weighted by atomic mass is 9.94. The second-order valence-electron chi connectivity index (χ2n) is 5.35. The maximum atomic E-state index is 2.41. The highest BCUT2D eigenvalue weighted by Gasteiger charge is 2.17. The summed E-state index contributed by atoms with van der Waals surface area (Å²) in [6, 6.07) is 18.4. The number of benzene rings is 2. The van der Waals surface area contributed by atoms with Gasteiger partial charge in [-0.25, -0.2) is 0 Å². The zero-order valence-electron chi connectivity index (χ0n) is 12.0. The first kappa shape index (κ1) is 14.1. The van der Waals surface area contributed by atoms with Gasteiger partial charge in [-0.3, -0.25) is 0 Å². The van der Waals surface area contributed by atoms with E-state index in [1.165, 1.54) is 22.3 Å². The Morgan fingerprint density at radius 3 is 1.60 bits per heavy atom. The van der Waals surface area contributed by atoms with Crippen LogP contribution in [0.2, 0.25) is 0 Å². The van der Waals surface area contributed by atoms with Gasteiger partial charge in [0.2, 0.25) is 0 Å². The molecule has 104 valence electrons. The molecule has 0 fully saturated rings. The summed E-state index contributed by atoms with van der Waals surface area (Å²) >= 11 is 3.92. The Kier molecular flexibility index (Phi) is 4.42. The fourth-order valence-corrected chi connectivity index (χ4v) is 4.50. The van der Waals surface area contributed by atoms with E-state index in [0.29, 0.717) is 10.5 Å². The van der Waals surface area contributed by atoms with Gasteiger partial charge >= 0.3 is 0 Å². The molecule has 0 saturated carbocycles. The molecule has 2 aromatic rings. The van der Waals surface area contributed by atoms with Crippen LogP contribution in [0.4, 0.5) is 0 Å². The van der Waals surface area contributed by atoms with Crippen LogP contribution < -0.4 is 0 Å². The number of thioether (sulfide) groups is 2. The highest BCUT2D eigenvalue weighted by molar-refractivity contribution is 7.99. The smallest absolute Gasteiger partial charge is 0.0334 e. The van der Waals surface area contributed by atoms with Crippen molar-refractivity contribution in [2.45, 2.75) is 23.3 Å². The standard InChI is InChI=1S/C18H20S2/c1-19-17-11-13-5-4-8-16(10-13)18(20-2)12-14-6-3-7-15(17)9-14/h3-10,17-18H,11-12H2,1-2H3/t17-,18+. The first-order valence-corrected chi connectivity index (χ1v) is 9.61. The Bertz CT molecular complexity index is 538. The SMILES string of the molecule is CS[C@H]1Cc2cccc(c2)[C@H](SC)Cc2cccc1c2.